The van der Waals surface area contributed by atoms with E-state index in [1.165, 1.54) is 14.2 Å². The summed E-state index contributed by atoms with van der Waals surface area (Å²) in [6.07, 6.45) is 2.30. The van der Waals surface area contributed by atoms with E-state index in [1.807, 2.05) is 13.8 Å². The van der Waals surface area contributed by atoms with E-state index < -0.39 is 40.4 Å². The predicted molar refractivity (Wildman–Crippen MR) is 80.2 cm³/mol. The van der Waals surface area contributed by atoms with Crippen LogP contribution in [0.2, 0.25) is 0 Å². The maximum absolute atomic E-state index is 12.8. The summed E-state index contributed by atoms with van der Waals surface area (Å²) in [5, 5.41) is 11.0. The average molecular weight is 338 g/mol. The fourth-order valence-electron chi connectivity index (χ4n) is 5.18. The molecule has 5 atom stereocenters. The molecule has 7 heteroatoms. The summed E-state index contributed by atoms with van der Waals surface area (Å²) in [5.41, 5.74) is -1.80. The van der Waals surface area contributed by atoms with Crippen LogP contribution in [-0.2, 0) is 28.6 Å². The van der Waals surface area contributed by atoms with Gasteiger partial charge in [0.1, 0.15) is 0 Å². The molecule has 1 aliphatic heterocycles. The maximum atomic E-state index is 12.8. The van der Waals surface area contributed by atoms with Gasteiger partial charge in [0.25, 0.3) is 0 Å². The van der Waals surface area contributed by atoms with E-state index in [0.29, 0.717) is 12.8 Å². The summed E-state index contributed by atoms with van der Waals surface area (Å²) in [7, 11) is 2.53. The van der Waals surface area contributed by atoms with Crippen molar-refractivity contribution >= 4 is 17.9 Å². The third-order valence-electron chi connectivity index (χ3n) is 6.40. The summed E-state index contributed by atoms with van der Waals surface area (Å²) in [6.45, 7) is 3.73. The molecule has 0 amide bonds. The number of methoxy groups -OCH3 is 2. The fourth-order valence-corrected chi connectivity index (χ4v) is 5.18. The first-order valence-corrected chi connectivity index (χ1v) is 8.00. The van der Waals surface area contributed by atoms with E-state index in [1.54, 1.807) is 0 Å². The number of carbonyl (C=O) groups is 3. The normalized spacial score (nSPS) is 43.4. The highest BCUT2D eigenvalue weighted by Gasteiger charge is 2.74. The molecule has 3 aliphatic rings. The van der Waals surface area contributed by atoms with Gasteiger partial charge in [-0.1, -0.05) is 13.8 Å². The van der Waals surface area contributed by atoms with E-state index in [9.17, 15) is 19.5 Å². The lowest BCUT2D eigenvalue weighted by Crippen LogP contribution is -2.62. The van der Waals surface area contributed by atoms with Gasteiger partial charge in [-0.05, 0) is 18.8 Å². The Hall–Kier alpha value is -1.89. The number of rotatable bonds is 2. The highest BCUT2D eigenvalue weighted by atomic mass is 16.7. The first-order chi connectivity index (χ1) is 11.2. The Morgan fingerprint density at radius 1 is 1.33 bits per heavy atom. The molecule has 3 rings (SSSR count). The predicted octanol–water partition coefficient (Wildman–Crippen LogP) is 0.947. The van der Waals surface area contributed by atoms with Crippen molar-refractivity contribution in [3.8, 4) is 0 Å². The van der Waals surface area contributed by atoms with Crippen LogP contribution in [0, 0.1) is 22.7 Å². The monoisotopic (exact) mass is 338 g/mol. The Balaban J connectivity index is 2.26. The topological polar surface area (TPSA) is 99.1 Å². The number of carbonyl (C=O) groups excluding carboxylic acids is 3. The lowest BCUT2D eigenvalue weighted by atomic mass is 9.49. The van der Waals surface area contributed by atoms with Gasteiger partial charge < -0.3 is 19.3 Å². The molecule has 2 saturated carbocycles. The summed E-state index contributed by atoms with van der Waals surface area (Å²) >= 11 is 0. The molecule has 2 fully saturated rings. The van der Waals surface area contributed by atoms with Crippen molar-refractivity contribution in [1.29, 1.82) is 0 Å². The van der Waals surface area contributed by atoms with Gasteiger partial charge in [-0.2, -0.15) is 0 Å². The van der Waals surface area contributed by atoms with Crippen LogP contribution in [0.4, 0.5) is 0 Å². The van der Waals surface area contributed by atoms with Crippen molar-refractivity contribution in [2.75, 3.05) is 14.2 Å². The molecule has 1 heterocycles. The molecule has 0 aromatic rings. The number of aliphatic hydroxyl groups is 1. The third-order valence-corrected chi connectivity index (χ3v) is 6.40. The SMILES string of the molecule is COC(=O)[C@@H]1C2=CC(=O)O[C@]2(O)C[C@@]2(C(=O)OC)[C@H](C)CC[C@@]12C. The summed E-state index contributed by atoms with van der Waals surface area (Å²) < 4.78 is 15.1. The molecule has 0 radical (unpaired) electrons. The van der Waals surface area contributed by atoms with Crippen LogP contribution in [0.5, 0.6) is 0 Å². The number of ether oxygens (including phenoxy) is 3. The third kappa shape index (κ3) is 1.79. The molecule has 0 aromatic carbocycles. The van der Waals surface area contributed by atoms with Crippen molar-refractivity contribution in [2.24, 2.45) is 22.7 Å². The van der Waals surface area contributed by atoms with Crippen LogP contribution in [0.25, 0.3) is 0 Å². The molecule has 24 heavy (non-hydrogen) atoms. The van der Waals surface area contributed by atoms with Gasteiger partial charge >= 0.3 is 17.9 Å². The molecule has 0 unspecified atom stereocenters. The average Bonchev–Trinajstić information content (AvgIpc) is 2.96. The number of fused-ring (bicyclic) bond motifs is 2. The van der Waals surface area contributed by atoms with Crippen molar-refractivity contribution in [1.82, 2.24) is 0 Å². The second-order valence-electron chi connectivity index (χ2n) is 7.26. The van der Waals surface area contributed by atoms with Crippen LogP contribution >= 0.6 is 0 Å². The molecule has 0 spiro atoms. The van der Waals surface area contributed by atoms with Crippen LogP contribution < -0.4 is 0 Å². The van der Waals surface area contributed by atoms with Crippen LogP contribution in [0.15, 0.2) is 11.6 Å². The van der Waals surface area contributed by atoms with Gasteiger partial charge in [0, 0.05) is 23.5 Å². The van der Waals surface area contributed by atoms with Crippen molar-refractivity contribution in [2.45, 2.75) is 38.9 Å². The Morgan fingerprint density at radius 2 is 2.00 bits per heavy atom. The van der Waals surface area contributed by atoms with Gasteiger partial charge in [-0.25, -0.2) is 4.79 Å². The molecule has 0 bridgehead atoms. The maximum Gasteiger partial charge on any atom is 0.333 e. The van der Waals surface area contributed by atoms with Crippen LogP contribution in [0.1, 0.15) is 33.1 Å². The van der Waals surface area contributed by atoms with E-state index in [2.05, 4.69) is 0 Å². The van der Waals surface area contributed by atoms with Gasteiger partial charge in [-0.15, -0.1) is 0 Å². The molecule has 132 valence electrons. The van der Waals surface area contributed by atoms with Crippen LogP contribution in [0.3, 0.4) is 0 Å². The fraction of sp³-hybridized carbons (Fsp3) is 0.706. The van der Waals surface area contributed by atoms with E-state index in [-0.39, 0.29) is 17.9 Å². The molecule has 2 aliphatic carbocycles. The zero-order chi connectivity index (χ0) is 17.9. The van der Waals surface area contributed by atoms with E-state index >= 15 is 0 Å². The number of hydrogen-bond donors (Lipinski definition) is 1. The smallest absolute Gasteiger partial charge is 0.333 e. The highest BCUT2D eigenvalue weighted by molar-refractivity contribution is 5.92. The molecular formula is C17H22O7. The molecular weight excluding hydrogens is 316 g/mol. The van der Waals surface area contributed by atoms with Crippen LogP contribution in [-0.4, -0.2) is 43.0 Å². The highest BCUT2D eigenvalue weighted by Crippen LogP contribution is 2.69. The van der Waals surface area contributed by atoms with Gasteiger partial charge in [0.15, 0.2) is 0 Å². The number of hydrogen-bond acceptors (Lipinski definition) is 7. The lowest BCUT2D eigenvalue weighted by molar-refractivity contribution is -0.231. The van der Waals surface area contributed by atoms with Crippen molar-refractivity contribution in [3.63, 3.8) is 0 Å². The zero-order valence-corrected chi connectivity index (χ0v) is 14.3. The minimum atomic E-state index is -1.98. The Morgan fingerprint density at radius 3 is 2.58 bits per heavy atom. The van der Waals surface area contributed by atoms with E-state index in [4.69, 9.17) is 14.2 Å². The minimum Gasteiger partial charge on any atom is -0.469 e. The van der Waals surface area contributed by atoms with Crippen molar-refractivity contribution < 1.29 is 33.7 Å². The Kier molecular flexibility index (Phi) is 3.57. The Bertz CT molecular complexity index is 653. The second kappa shape index (κ2) is 5.05. The Labute approximate surface area is 139 Å². The summed E-state index contributed by atoms with van der Waals surface area (Å²) in [6, 6.07) is 0. The number of esters is 3. The minimum absolute atomic E-state index is 0.116. The van der Waals surface area contributed by atoms with Gasteiger partial charge in [0.2, 0.25) is 5.79 Å². The lowest BCUT2D eigenvalue weighted by Gasteiger charge is -2.54. The largest absolute Gasteiger partial charge is 0.469 e. The quantitative estimate of drug-likeness (QED) is 0.591. The standard InChI is InChI=1S/C17H22O7/c1-9-5-6-15(2)12(13(19)22-3)10-7-11(18)24-17(10,21)8-16(9,15)14(20)23-4/h7,9,12,21H,5-6,8H2,1-4H3/t9-,12+,15+,16+,17-/m1/s1. The van der Waals surface area contributed by atoms with Gasteiger partial charge in [0.05, 0.1) is 25.6 Å². The molecule has 7 nitrogen and oxygen atoms in total. The summed E-state index contributed by atoms with van der Waals surface area (Å²) in [4.78, 5) is 37.2. The molecule has 1 N–H and O–H groups in total. The zero-order valence-electron chi connectivity index (χ0n) is 14.3. The summed E-state index contributed by atoms with van der Waals surface area (Å²) in [5.74, 6) is -4.90. The van der Waals surface area contributed by atoms with Crippen molar-refractivity contribution in [3.05, 3.63) is 11.6 Å². The van der Waals surface area contributed by atoms with E-state index in [0.717, 1.165) is 6.08 Å². The first kappa shape index (κ1) is 17.0. The molecule has 0 aromatic heterocycles. The molecule has 0 saturated heterocycles. The second-order valence-corrected chi connectivity index (χ2v) is 7.26. The van der Waals surface area contributed by atoms with Gasteiger partial charge in [-0.3, -0.25) is 9.59 Å². The first-order valence-electron chi connectivity index (χ1n) is 8.00.